The van der Waals surface area contributed by atoms with E-state index in [2.05, 4.69) is 5.43 Å². The molecular weight excluding hydrogens is 273 g/mol. The van der Waals surface area contributed by atoms with Crippen molar-refractivity contribution in [1.82, 2.24) is 5.43 Å². The second-order valence-electron chi connectivity index (χ2n) is 4.12. The lowest BCUT2D eigenvalue weighted by atomic mass is 10.0. The molecule has 102 valence electrons. The normalized spacial score (nSPS) is 13.5. The van der Waals surface area contributed by atoms with Crippen LogP contribution in [0.3, 0.4) is 0 Å². The van der Waals surface area contributed by atoms with Crippen molar-refractivity contribution in [3.63, 3.8) is 0 Å². The highest BCUT2D eigenvalue weighted by Crippen LogP contribution is 2.30. The zero-order valence-corrected chi connectivity index (χ0v) is 10.8. The van der Waals surface area contributed by atoms with Gasteiger partial charge in [0.1, 0.15) is 0 Å². The molecule has 0 aliphatic rings. The molecule has 1 atom stereocenters. The van der Waals surface area contributed by atoms with Crippen LogP contribution in [0, 0.1) is 0 Å². The lowest BCUT2D eigenvalue weighted by Gasteiger charge is -2.16. The number of halogens is 3. The molecule has 2 nitrogen and oxygen atoms in total. The first kappa shape index (κ1) is 14.0. The van der Waals surface area contributed by atoms with Crippen molar-refractivity contribution in [1.29, 1.82) is 0 Å². The average Bonchev–Trinajstić information content (AvgIpc) is 2.88. The van der Waals surface area contributed by atoms with E-state index in [-0.39, 0.29) is 6.04 Å². The molecule has 19 heavy (non-hydrogen) atoms. The van der Waals surface area contributed by atoms with Gasteiger partial charge in [-0.25, -0.2) is 0 Å². The number of hydrazine groups is 1. The number of thiophene rings is 1. The molecule has 3 N–H and O–H groups in total. The summed E-state index contributed by atoms with van der Waals surface area (Å²) in [5, 5.41) is 1.95. The van der Waals surface area contributed by atoms with Crippen LogP contribution in [0.1, 0.15) is 22.0 Å². The van der Waals surface area contributed by atoms with Crippen LogP contribution < -0.4 is 11.3 Å². The van der Waals surface area contributed by atoms with Crippen LogP contribution in [0.4, 0.5) is 13.2 Å². The number of benzene rings is 1. The Kier molecular flexibility index (Phi) is 4.24. The second kappa shape index (κ2) is 5.73. The number of alkyl halides is 3. The standard InChI is InChI=1S/C13H13F3N2S/c14-13(15,16)10-5-3-9(4-6-10)12(18-17)8-11-2-1-7-19-11/h1-7,12,18H,8,17H2. The van der Waals surface area contributed by atoms with Gasteiger partial charge < -0.3 is 0 Å². The van der Waals surface area contributed by atoms with Crippen molar-refractivity contribution in [2.75, 3.05) is 0 Å². The second-order valence-corrected chi connectivity index (χ2v) is 5.15. The maximum Gasteiger partial charge on any atom is 0.416 e. The Bertz CT molecular complexity index is 506. The van der Waals surface area contributed by atoms with Gasteiger partial charge >= 0.3 is 6.18 Å². The molecule has 0 spiro atoms. The first-order chi connectivity index (χ1) is 9.00. The fourth-order valence-corrected chi connectivity index (χ4v) is 2.56. The van der Waals surface area contributed by atoms with E-state index in [0.717, 1.165) is 22.6 Å². The largest absolute Gasteiger partial charge is 0.416 e. The van der Waals surface area contributed by atoms with Gasteiger partial charge in [0.25, 0.3) is 0 Å². The number of nitrogens with one attached hydrogen (secondary N) is 1. The zero-order valence-electron chi connectivity index (χ0n) is 9.95. The Morgan fingerprint density at radius 3 is 2.32 bits per heavy atom. The van der Waals surface area contributed by atoms with Gasteiger partial charge in [0.15, 0.2) is 0 Å². The van der Waals surface area contributed by atoms with Crippen LogP contribution in [-0.4, -0.2) is 0 Å². The molecule has 0 saturated carbocycles. The molecule has 0 aliphatic heterocycles. The SMILES string of the molecule is NNC(Cc1cccs1)c1ccc(C(F)(F)F)cc1. The van der Waals surface area contributed by atoms with Crippen molar-refractivity contribution in [2.24, 2.45) is 5.84 Å². The Morgan fingerprint density at radius 1 is 1.16 bits per heavy atom. The lowest BCUT2D eigenvalue weighted by molar-refractivity contribution is -0.137. The molecule has 0 bridgehead atoms. The summed E-state index contributed by atoms with van der Waals surface area (Å²) >= 11 is 1.59. The first-order valence-electron chi connectivity index (χ1n) is 5.66. The lowest BCUT2D eigenvalue weighted by Crippen LogP contribution is -2.29. The van der Waals surface area contributed by atoms with E-state index in [1.807, 2.05) is 17.5 Å². The monoisotopic (exact) mass is 286 g/mol. The van der Waals surface area contributed by atoms with Gasteiger partial charge in [0.05, 0.1) is 11.6 Å². The Balaban J connectivity index is 2.15. The van der Waals surface area contributed by atoms with Crippen LogP contribution >= 0.6 is 11.3 Å². The molecule has 0 fully saturated rings. The van der Waals surface area contributed by atoms with Crippen LogP contribution in [0.2, 0.25) is 0 Å². The Morgan fingerprint density at radius 2 is 1.84 bits per heavy atom. The average molecular weight is 286 g/mol. The van der Waals surface area contributed by atoms with E-state index in [4.69, 9.17) is 5.84 Å². The van der Waals surface area contributed by atoms with E-state index >= 15 is 0 Å². The van der Waals surface area contributed by atoms with Crippen LogP contribution in [0.25, 0.3) is 0 Å². The van der Waals surface area contributed by atoms with E-state index in [0.29, 0.717) is 6.42 Å². The van der Waals surface area contributed by atoms with Gasteiger partial charge in [-0.3, -0.25) is 11.3 Å². The van der Waals surface area contributed by atoms with Crippen molar-refractivity contribution < 1.29 is 13.2 Å². The third kappa shape index (κ3) is 3.56. The quantitative estimate of drug-likeness (QED) is 0.666. The Hall–Kier alpha value is -1.37. The van der Waals surface area contributed by atoms with Crippen molar-refractivity contribution in [2.45, 2.75) is 18.6 Å². The van der Waals surface area contributed by atoms with Crippen molar-refractivity contribution >= 4 is 11.3 Å². The van der Waals surface area contributed by atoms with Crippen LogP contribution in [-0.2, 0) is 12.6 Å². The Labute approximate surface area is 113 Å². The summed E-state index contributed by atoms with van der Waals surface area (Å²) in [6.07, 6.45) is -3.66. The highest BCUT2D eigenvalue weighted by Gasteiger charge is 2.30. The molecule has 0 amide bonds. The first-order valence-corrected chi connectivity index (χ1v) is 6.54. The molecule has 1 heterocycles. The molecule has 1 unspecified atom stereocenters. The maximum atomic E-state index is 12.5. The van der Waals surface area contributed by atoms with E-state index < -0.39 is 11.7 Å². The molecule has 2 rings (SSSR count). The highest BCUT2D eigenvalue weighted by atomic mass is 32.1. The fraction of sp³-hybridized carbons (Fsp3) is 0.231. The third-order valence-electron chi connectivity index (χ3n) is 2.83. The zero-order chi connectivity index (χ0) is 13.9. The summed E-state index contributed by atoms with van der Waals surface area (Å²) in [5.74, 6) is 5.48. The summed E-state index contributed by atoms with van der Waals surface area (Å²) < 4.78 is 37.4. The molecule has 1 aromatic carbocycles. The minimum Gasteiger partial charge on any atom is -0.271 e. The molecule has 6 heteroatoms. The van der Waals surface area contributed by atoms with Gasteiger partial charge in [-0.05, 0) is 29.1 Å². The molecule has 1 aromatic heterocycles. The van der Waals surface area contributed by atoms with Crippen LogP contribution in [0.5, 0.6) is 0 Å². The van der Waals surface area contributed by atoms with E-state index in [1.54, 1.807) is 11.3 Å². The molecule has 0 aliphatic carbocycles. The van der Waals surface area contributed by atoms with Gasteiger partial charge in [-0.1, -0.05) is 18.2 Å². The maximum absolute atomic E-state index is 12.5. The summed E-state index contributed by atoms with van der Waals surface area (Å²) in [5.41, 5.74) is 2.73. The van der Waals surface area contributed by atoms with Gasteiger partial charge in [0, 0.05) is 11.3 Å². The summed E-state index contributed by atoms with van der Waals surface area (Å²) in [6.45, 7) is 0. The predicted octanol–water partition coefficient (Wildman–Crippen LogP) is 3.51. The summed E-state index contributed by atoms with van der Waals surface area (Å²) in [6, 6.07) is 8.78. The minimum absolute atomic E-state index is 0.194. The van der Waals surface area contributed by atoms with Crippen molar-refractivity contribution in [3.05, 3.63) is 57.8 Å². The topological polar surface area (TPSA) is 38.0 Å². The van der Waals surface area contributed by atoms with E-state index in [1.165, 1.54) is 12.1 Å². The molecular formula is C13H13F3N2S. The fourth-order valence-electron chi connectivity index (χ4n) is 1.81. The number of rotatable bonds is 4. The van der Waals surface area contributed by atoms with Crippen LogP contribution in [0.15, 0.2) is 41.8 Å². The number of hydrogen-bond acceptors (Lipinski definition) is 3. The van der Waals surface area contributed by atoms with Gasteiger partial charge in [0.2, 0.25) is 0 Å². The number of nitrogens with two attached hydrogens (primary N) is 1. The molecule has 0 radical (unpaired) electrons. The minimum atomic E-state index is -4.31. The smallest absolute Gasteiger partial charge is 0.271 e. The van der Waals surface area contributed by atoms with Gasteiger partial charge in [-0.2, -0.15) is 13.2 Å². The predicted molar refractivity (Wildman–Crippen MR) is 69.5 cm³/mol. The van der Waals surface area contributed by atoms with Gasteiger partial charge in [-0.15, -0.1) is 11.3 Å². The van der Waals surface area contributed by atoms with Crippen molar-refractivity contribution in [3.8, 4) is 0 Å². The van der Waals surface area contributed by atoms with E-state index in [9.17, 15) is 13.2 Å². The summed E-state index contributed by atoms with van der Waals surface area (Å²) in [7, 11) is 0. The third-order valence-corrected chi connectivity index (χ3v) is 3.73. The highest BCUT2D eigenvalue weighted by molar-refractivity contribution is 7.09. The molecule has 2 aromatic rings. The molecule has 0 saturated heterocycles. The number of hydrogen-bond donors (Lipinski definition) is 2. The summed E-state index contributed by atoms with van der Waals surface area (Å²) in [4.78, 5) is 1.13.